The van der Waals surface area contributed by atoms with Crippen molar-refractivity contribution in [3.63, 3.8) is 0 Å². The van der Waals surface area contributed by atoms with Gasteiger partial charge in [-0.3, -0.25) is 14.0 Å². The van der Waals surface area contributed by atoms with Gasteiger partial charge in [0.05, 0.1) is 0 Å². The highest BCUT2D eigenvalue weighted by atomic mass is 79.9. The normalized spacial score (nSPS) is 10.8. The van der Waals surface area contributed by atoms with Gasteiger partial charge in [-0.05, 0) is 30.3 Å². The van der Waals surface area contributed by atoms with E-state index in [1.54, 1.807) is 36.5 Å². The van der Waals surface area contributed by atoms with Gasteiger partial charge in [0.1, 0.15) is 17.0 Å². The number of fused-ring (bicyclic) bond motifs is 1. The monoisotopic (exact) mass is 389 g/mol. The van der Waals surface area contributed by atoms with Gasteiger partial charge in [-0.15, -0.1) is 0 Å². The smallest absolute Gasteiger partial charge is 0.270 e. The largest absolute Gasteiger partial charge is 0.337 e. The lowest BCUT2D eigenvalue weighted by Crippen LogP contribution is -2.33. The zero-order valence-corrected chi connectivity index (χ0v) is 14.3. The molecule has 0 fully saturated rings. The molecule has 0 atom stereocenters. The van der Waals surface area contributed by atoms with E-state index < -0.39 is 17.3 Å². The number of carbonyl (C=O) groups is 1. The molecular formula is C17H13BrFN3O2. The third-order valence-corrected chi connectivity index (χ3v) is 4.10. The van der Waals surface area contributed by atoms with Crippen molar-refractivity contribution >= 4 is 27.5 Å². The minimum atomic E-state index is -0.509. The highest BCUT2D eigenvalue weighted by Gasteiger charge is 2.18. The summed E-state index contributed by atoms with van der Waals surface area (Å²) in [6.07, 6.45) is 2.81. The molecule has 1 amide bonds. The van der Waals surface area contributed by atoms with Gasteiger partial charge in [0.15, 0.2) is 0 Å². The van der Waals surface area contributed by atoms with Crippen LogP contribution >= 0.6 is 15.9 Å². The van der Waals surface area contributed by atoms with E-state index in [9.17, 15) is 14.0 Å². The Labute approximate surface area is 145 Å². The van der Waals surface area contributed by atoms with Crippen molar-refractivity contribution in [2.75, 3.05) is 7.05 Å². The maximum Gasteiger partial charge on any atom is 0.270 e. The molecule has 24 heavy (non-hydrogen) atoms. The van der Waals surface area contributed by atoms with Crippen LogP contribution < -0.4 is 5.56 Å². The SMILES string of the molecule is CN(Cc1cc(Br)ccc1F)C(=O)c1cnc2ccccn2c1=O. The number of benzene rings is 1. The molecule has 5 nitrogen and oxygen atoms in total. The Bertz CT molecular complexity index is 987. The van der Waals surface area contributed by atoms with Gasteiger partial charge in [-0.1, -0.05) is 22.0 Å². The topological polar surface area (TPSA) is 54.7 Å². The van der Waals surface area contributed by atoms with E-state index in [1.165, 1.54) is 28.6 Å². The summed E-state index contributed by atoms with van der Waals surface area (Å²) in [5.74, 6) is -0.920. The van der Waals surface area contributed by atoms with Gasteiger partial charge in [0.2, 0.25) is 0 Å². The number of hydrogen-bond acceptors (Lipinski definition) is 3. The Kier molecular flexibility index (Phi) is 4.44. The summed E-state index contributed by atoms with van der Waals surface area (Å²) in [5.41, 5.74) is 0.303. The van der Waals surface area contributed by atoms with Gasteiger partial charge in [0, 0.05) is 36.0 Å². The summed E-state index contributed by atoms with van der Waals surface area (Å²) in [5, 5.41) is 0. The van der Waals surface area contributed by atoms with Crippen LogP contribution in [0.3, 0.4) is 0 Å². The maximum absolute atomic E-state index is 13.8. The highest BCUT2D eigenvalue weighted by molar-refractivity contribution is 9.10. The highest BCUT2D eigenvalue weighted by Crippen LogP contribution is 2.17. The van der Waals surface area contributed by atoms with Crippen molar-refractivity contribution in [2.24, 2.45) is 0 Å². The third-order valence-electron chi connectivity index (χ3n) is 3.61. The van der Waals surface area contributed by atoms with Crippen molar-refractivity contribution in [1.29, 1.82) is 0 Å². The van der Waals surface area contributed by atoms with Crippen LogP contribution in [0, 0.1) is 5.82 Å². The fourth-order valence-corrected chi connectivity index (χ4v) is 2.78. The van der Waals surface area contributed by atoms with Crippen molar-refractivity contribution in [3.05, 3.63) is 80.6 Å². The molecular weight excluding hydrogens is 377 g/mol. The zero-order valence-electron chi connectivity index (χ0n) is 12.7. The van der Waals surface area contributed by atoms with Gasteiger partial charge in [-0.2, -0.15) is 0 Å². The minimum Gasteiger partial charge on any atom is -0.337 e. The molecule has 0 unspecified atom stereocenters. The number of hydrogen-bond donors (Lipinski definition) is 0. The quantitative estimate of drug-likeness (QED) is 0.691. The number of aromatic nitrogens is 2. The van der Waals surface area contributed by atoms with Gasteiger partial charge < -0.3 is 4.90 Å². The van der Waals surface area contributed by atoms with Crippen molar-refractivity contribution in [1.82, 2.24) is 14.3 Å². The van der Waals surface area contributed by atoms with E-state index in [-0.39, 0.29) is 12.1 Å². The Hall–Kier alpha value is -2.54. The Morgan fingerprint density at radius 1 is 1.33 bits per heavy atom. The van der Waals surface area contributed by atoms with Crippen LogP contribution in [0.2, 0.25) is 0 Å². The van der Waals surface area contributed by atoms with Crippen LogP contribution in [-0.4, -0.2) is 27.2 Å². The number of pyridine rings is 1. The number of carbonyl (C=O) groups excluding carboxylic acids is 1. The lowest BCUT2D eigenvalue weighted by Gasteiger charge is -2.17. The molecule has 0 bridgehead atoms. The second-order valence-corrected chi connectivity index (χ2v) is 6.22. The molecule has 0 saturated carbocycles. The summed E-state index contributed by atoms with van der Waals surface area (Å²) < 4.78 is 15.9. The predicted octanol–water partition coefficient (Wildman–Crippen LogP) is 2.87. The van der Waals surface area contributed by atoms with Crippen molar-refractivity contribution in [3.8, 4) is 0 Å². The molecule has 0 N–H and O–H groups in total. The van der Waals surface area contributed by atoms with Crippen LogP contribution in [0.1, 0.15) is 15.9 Å². The van der Waals surface area contributed by atoms with Crippen LogP contribution in [0.25, 0.3) is 5.65 Å². The molecule has 0 aliphatic rings. The molecule has 0 aliphatic heterocycles. The second kappa shape index (κ2) is 6.52. The van der Waals surface area contributed by atoms with Gasteiger partial charge >= 0.3 is 0 Å². The molecule has 0 radical (unpaired) electrons. The molecule has 3 rings (SSSR count). The molecule has 0 spiro atoms. The fourth-order valence-electron chi connectivity index (χ4n) is 2.37. The van der Waals surface area contributed by atoms with E-state index >= 15 is 0 Å². The van der Waals surface area contributed by atoms with E-state index in [0.717, 1.165) is 0 Å². The Morgan fingerprint density at radius 3 is 2.92 bits per heavy atom. The second-order valence-electron chi connectivity index (χ2n) is 5.30. The summed E-state index contributed by atoms with van der Waals surface area (Å²) in [6, 6.07) is 9.63. The molecule has 0 aliphatic carbocycles. The maximum atomic E-state index is 13.8. The average molecular weight is 390 g/mol. The van der Waals surface area contributed by atoms with Gasteiger partial charge in [-0.25, -0.2) is 9.37 Å². The molecule has 0 saturated heterocycles. The first-order valence-electron chi connectivity index (χ1n) is 7.13. The Morgan fingerprint density at radius 2 is 2.12 bits per heavy atom. The summed E-state index contributed by atoms with van der Waals surface area (Å²) in [4.78, 5) is 30.4. The van der Waals surface area contributed by atoms with E-state index in [2.05, 4.69) is 20.9 Å². The number of halogens is 2. The number of nitrogens with zero attached hydrogens (tertiary/aromatic N) is 3. The van der Waals surface area contributed by atoms with E-state index in [1.807, 2.05) is 0 Å². The van der Waals surface area contributed by atoms with Crippen LogP contribution in [0.15, 0.2) is 58.1 Å². The van der Waals surface area contributed by atoms with Crippen molar-refractivity contribution < 1.29 is 9.18 Å². The molecule has 2 aromatic heterocycles. The first-order valence-corrected chi connectivity index (χ1v) is 7.92. The lowest BCUT2D eigenvalue weighted by molar-refractivity contribution is 0.0781. The first-order chi connectivity index (χ1) is 11.5. The van der Waals surface area contributed by atoms with E-state index in [0.29, 0.717) is 15.7 Å². The number of rotatable bonds is 3. The van der Waals surface area contributed by atoms with Gasteiger partial charge in [0.25, 0.3) is 11.5 Å². The molecule has 2 heterocycles. The van der Waals surface area contributed by atoms with Crippen molar-refractivity contribution in [2.45, 2.75) is 6.54 Å². The zero-order chi connectivity index (χ0) is 17.3. The minimum absolute atomic E-state index is 0.0427. The predicted molar refractivity (Wildman–Crippen MR) is 91.4 cm³/mol. The first kappa shape index (κ1) is 16.3. The molecule has 3 aromatic rings. The summed E-state index contributed by atoms with van der Waals surface area (Å²) in [6.45, 7) is 0.0427. The standard InChI is InChI=1S/C17H13BrFN3O2/c1-21(10-11-8-12(18)5-6-14(11)19)16(23)13-9-20-15-4-2-3-7-22(15)17(13)24/h2-9H,10H2,1H3. The number of amides is 1. The summed E-state index contributed by atoms with van der Waals surface area (Å²) >= 11 is 3.27. The third kappa shape index (κ3) is 3.07. The van der Waals surface area contributed by atoms with Crippen LogP contribution in [-0.2, 0) is 6.54 Å². The molecule has 122 valence electrons. The summed E-state index contributed by atoms with van der Waals surface area (Å²) in [7, 11) is 1.52. The molecule has 7 heteroatoms. The van der Waals surface area contributed by atoms with E-state index in [4.69, 9.17) is 0 Å². The fraction of sp³-hybridized carbons (Fsp3) is 0.118. The average Bonchev–Trinajstić information content (AvgIpc) is 2.58. The Balaban J connectivity index is 1.92. The lowest BCUT2D eigenvalue weighted by atomic mass is 10.2. The van der Waals surface area contributed by atoms with Crippen LogP contribution in [0.5, 0.6) is 0 Å². The molecule has 1 aromatic carbocycles. The van der Waals surface area contributed by atoms with Crippen LogP contribution in [0.4, 0.5) is 4.39 Å².